The van der Waals surface area contributed by atoms with Crippen LogP contribution in [0.25, 0.3) is 0 Å². The Morgan fingerprint density at radius 3 is 2.25 bits per heavy atom. The van der Waals surface area contributed by atoms with Crippen LogP contribution < -0.4 is 5.32 Å². The van der Waals surface area contributed by atoms with Crippen molar-refractivity contribution in [1.29, 1.82) is 0 Å². The van der Waals surface area contributed by atoms with Crippen LogP contribution in [-0.2, 0) is 0 Å². The molecule has 1 aromatic heterocycles. The second-order valence-electron chi connectivity index (χ2n) is 5.77. The van der Waals surface area contributed by atoms with Crippen molar-refractivity contribution < 1.29 is 14.1 Å². The number of para-hydroxylation sites is 1. The minimum atomic E-state index is -0.148. The summed E-state index contributed by atoms with van der Waals surface area (Å²) in [5.74, 6) is 0.441. The summed E-state index contributed by atoms with van der Waals surface area (Å²) in [4.78, 5) is 28.3. The number of hydrogen-bond acceptors (Lipinski definition) is 4. The minimum absolute atomic E-state index is 0.0885. The molecule has 7 heteroatoms. The molecular weight excluding hydrogens is 308 g/mol. The summed E-state index contributed by atoms with van der Waals surface area (Å²) in [5, 5.41) is 6.69. The number of nitrogens with zero attached hydrogens (tertiary/aromatic N) is 3. The molecule has 0 radical (unpaired) electrons. The summed E-state index contributed by atoms with van der Waals surface area (Å²) >= 11 is 0. The first-order chi connectivity index (χ1) is 11.6. The van der Waals surface area contributed by atoms with Crippen molar-refractivity contribution in [2.75, 3.05) is 31.5 Å². The normalized spacial score (nSPS) is 14.6. The molecule has 0 aliphatic carbocycles. The molecule has 3 rings (SSSR count). The van der Waals surface area contributed by atoms with Crippen LogP contribution in [0, 0.1) is 13.8 Å². The average Bonchev–Trinajstić information content (AvgIpc) is 2.94. The van der Waals surface area contributed by atoms with Gasteiger partial charge >= 0.3 is 6.03 Å². The van der Waals surface area contributed by atoms with Crippen LogP contribution in [-0.4, -0.2) is 53.1 Å². The van der Waals surface area contributed by atoms with E-state index in [2.05, 4.69) is 10.5 Å². The van der Waals surface area contributed by atoms with Crippen LogP contribution in [0.15, 0.2) is 34.9 Å². The second kappa shape index (κ2) is 6.74. The van der Waals surface area contributed by atoms with Crippen LogP contribution in [0.4, 0.5) is 10.5 Å². The van der Waals surface area contributed by atoms with Crippen LogP contribution in [0.2, 0.25) is 0 Å². The summed E-state index contributed by atoms with van der Waals surface area (Å²) in [6.45, 7) is 5.46. The number of carbonyl (C=O) groups is 2. The van der Waals surface area contributed by atoms with Gasteiger partial charge in [0.2, 0.25) is 0 Å². The van der Waals surface area contributed by atoms with Gasteiger partial charge in [0.15, 0.2) is 0 Å². The van der Waals surface area contributed by atoms with Gasteiger partial charge in [-0.3, -0.25) is 4.79 Å². The third-order valence-corrected chi connectivity index (χ3v) is 4.13. The van der Waals surface area contributed by atoms with E-state index in [4.69, 9.17) is 4.52 Å². The smallest absolute Gasteiger partial charge is 0.321 e. The Labute approximate surface area is 140 Å². The summed E-state index contributed by atoms with van der Waals surface area (Å²) < 4.78 is 5.06. The van der Waals surface area contributed by atoms with Crippen LogP contribution in [0.1, 0.15) is 21.8 Å². The second-order valence-corrected chi connectivity index (χ2v) is 5.77. The number of piperazine rings is 1. The molecule has 0 atom stereocenters. The zero-order valence-electron chi connectivity index (χ0n) is 13.8. The van der Waals surface area contributed by atoms with Crippen molar-refractivity contribution in [3.8, 4) is 0 Å². The van der Waals surface area contributed by atoms with E-state index in [0.717, 1.165) is 5.69 Å². The number of benzene rings is 1. The van der Waals surface area contributed by atoms with Gasteiger partial charge in [-0.25, -0.2) is 4.79 Å². The standard InChI is InChI=1S/C17H20N4O3/c1-12-15(13(2)24-19-12)16(22)20-8-10-21(11-9-20)17(23)18-14-6-4-3-5-7-14/h3-7H,8-11H2,1-2H3,(H,18,23). The maximum absolute atomic E-state index is 12.6. The summed E-state index contributed by atoms with van der Waals surface area (Å²) in [5.41, 5.74) is 1.88. The first kappa shape index (κ1) is 16.0. The van der Waals surface area contributed by atoms with Crippen molar-refractivity contribution >= 4 is 17.6 Å². The molecule has 1 aromatic carbocycles. The molecule has 0 bridgehead atoms. The van der Waals surface area contributed by atoms with Gasteiger partial charge in [0, 0.05) is 31.9 Å². The molecule has 126 valence electrons. The SMILES string of the molecule is Cc1noc(C)c1C(=O)N1CCN(C(=O)Nc2ccccc2)CC1. The molecule has 2 aromatic rings. The lowest BCUT2D eigenvalue weighted by molar-refractivity contribution is 0.0669. The number of rotatable bonds is 2. The highest BCUT2D eigenvalue weighted by atomic mass is 16.5. The first-order valence-electron chi connectivity index (χ1n) is 7.89. The van der Waals surface area contributed by atoms with Gasteiger partial charge in [-0.15, -0.1) is 0 Å². The summed E-state index contributed by atoms with van der Waals surface area (Å²) in [7, 11) is 0. The molecule has 1 fully saturated rings. The lowest BCUT2D eigenvalue weighted by Gasteiger charge is -2.34. The topological polar surface area (TPSA) is 78.7 Å². The van der Waals surface area contributed by atoms with Gasteiger partial charge in [-0.05, 0) is 26.0 Å². The molecule has 1 aliphatic rings. The van der Waals surface area contributed by atoms with E-state index in [1.807, 2.05) is 30.3 Å². The molecule has 1 saturated heterocycles. The Hall–Kier alpha value is -2.83. The predicted molar refractivity (Wildman–Crippen MR) is 88.9 cm³/mol. The molecule has 7 nitrogen and oxygen atoms in total. The fraction of sp³-hybridized carbons (Fsp3) is 0.353. The lowest BCUT2D eigenvalue weighted by atomic mass is 10.1. The van der Waals surface area contributed by atoms with Gasteiger partial charge in [-0.1, -0.05) is 23.4 Å². The first-order valence-corrected chi connectivity index (χ1v) is 7.89. The van der Waals surface area contributed by atoms with Gasteiger partial charge < -0.3 is 19.6 Å². The monoisotopic (exact) mass is 328 g/mol. The number of amides is 3. The Kier molecular flexibility index (Phi) is 4.50. The van der Waals surface area contributed by atoms with Crippen LogP contribution in [0.3, 0.4) is 0 Å². The van der Waals surface area contributed by atoms with E-state index in [1.54, 1.807) is 23.6 Å². The number of carbonyl (C=O) groups excluding carboxylic acids is 2. The quantitative estimate of drug-likeness (QED) is 0.917. The largest absolute Gasteiger partial charge is 0.361 e. The van der Waals surface area contributed by atoms with Crippen molar-refractivity contribution in [3.05, 3.63) is 47.3 Å². The number of anilines is 1. The molecule has 0 unspecified atom stereocenters. The fourth-order valence-electron chi connectivity index (χ4n) is 2.78. The van der Waals surface area contributed by atoms with E-state index in [9.17, 15) is 9.59 Å². The Morgan fingerprint density at radius 1 is 1.04 bits per heavy atom. The molecular formula is C17H20N4O3. The average molecular weight is 328 g/mol. The zero-order valence-corrected chi connectivity index (χ0v) is 13.8. The fourth-order valence-corrected chi connectivity index (χ4v) is 2.78. The van der Waals surface area contributed by atoms with E-state index in [0.29, 0.717) is 43.2 Å². The number of urea groups is 1. The summed E-state index contributed by atoms with van der Waals surface area (Å²) in [6, 6.07) is 9.18. The third kappa shape index (κ3) is 3.24. The highest BCUT2D eigenvalue weighted by molar-refractivity contribution is 5.96. The number of aryl methyl sites for hydroxylation is 2. The van der Waals surface area contributed by atoms with Crippen LogP contribution >= 0.6 is 0 Å². The molecule has 1 aliphatic heterocycles. The maximum atomic E-state index is 12.6. The van der Waals surface area contributed by atoms with Gasteiger partial charge in [-0.2, -0.15) is 0 Å². The molecule has 2 heterocycles. The Bertz CT molecular complexity index is 714. The maximum Gasteiger partial charge on any atom is 0.321 e. The van der Waals surface area contributed by atoms with E-state index < -0.39 is 0 Å². The number of hydrogen-bond donors (Lipinski definition) is 1. The molecule has 0 spiro atoms. The lowest BCUT2D eigenvalue weighted by Crippen LogP contribution is -2.51. The molecule has 3 amide bonds. The number of aromatic nitrogens is 1. The highest BCUT2D eigenvalue weighted by Gasteiger charge is 2.28. The van der Waals surface area contributed by atoms with E-state index in [-0.39, 0.29) is 11.9 Å². The summed E-state index contributed by atoms with van der Waals surface area (Å²) in [6.07, 6.45) is 0. The zero-order chi connectivity index (χ0) is 17.1. The molecule has 24 heavy (non-hydrogen) atoms. The highest BCUT2D eigenvalue weighted by Crippen LogP contribution is 2.17. The predicted octanol–water partition coefficient (Wildman–Crippen LogP) is 2.28. The van der Waals surface area contributed by atoms with Crippen molar-refractivity contribution in [2.24, 2.45) is 0 Å². The Balaban J connectivity index is 1.58. The van der Waals surface area contributed by atoms with Crippen molar-refractivity contribution in [1.82, 2.24) is 15.0 Å². The van der Waals surface area contributed by atoms with E-state index >= 15 is 0 Å². The van der Waals surface area contributed by atoms with Gasteiger partial charge in [0.1, 0.15) is 11.3 Å². The van der Waals surface area contributed by atoms with Crippen molar-refractivity contribution in [3.63, 3.8) is 0 Å². The number of nitrogens with one attached hydrogen (secondary N) is 1. The Morgan fingerprint density at radius 2 is 1.67 bits per heavy atom. The third-order valence-electron chi connectivity index (χ3n) is 4.13. The molecule has 1 N–H and O–H groups in total. The minimum Gasteiger partial charge on any atom is -0.361 e. The van der Waals surface area contributed by atoms with Crippen molar-refractivity contribution in [2.45, 2.75) is 13.8 Å². The van der Waals surface area contributed by atoms with Gasteiger partial charge in [0.25, 0.3) is 5.91 Å². The van der Waals surface area contributed by atoms with Gasteiger partial charge in [0.05, 0.1) is 5.69 Å². The van der Waals surface area contributed by atoms with Crippen LogP contribution in [0.5, 0.6) is 0 Å². The van der Waals surface area contributed by atoms with E-state index in [1.165, 1.54) is 0 Å². The molecule has 0 saturated carbocycles.